The molecule has 2 unspecified atom stereocenters. The third-order valence-electron chi connectivity index (χ3n) is 4.69. The van der Waals surface area contributed by atoms with Crippen LogP contribution in [0.4, 0.5) is 13.2 Å². The predicted octanol–water partition coefficient (Wildman–Crippen LogP) is -1.73. The summed E-state index contributed by atoms with van der Waals surface area (Å²) >= 11 is 0. The first-order valence-electron chi connectivity index (χ1n) is 9.64. The quantitative estimate of drug-likeness (QED) is 0.223. The molecule has 0 aromatic rings. The van der Waals surface area contributed by atoms with Crippen molar-refractivity contribution >= 4 is 23.7 Å². The molecule has 0 spiro atoms. The second kappa shape index (κ2) is 11.0. The number of alkyl halides is 3. The standard InChI is InChI=1S/C17H23F3N2O10/c18-17(19,20)16(29)21-12-14(28)13(27)8(7-23)31-15(12)30-6-2-1-3-11(26)32-22-9(24)4-5-10(22)25/h8,12-15,23,27-28H,1-7H2,(H,21,29)/t8?,12?,13-,14+,15-/m0/s1. The van der Waals surface area contributed by atoms with Gasteiger partial charge in [0, 0.05) is 25.9 Å². The fourth-order valence-corrected chi connectivity index (χ4v) is 2.99. The molecule has 12 nitrogen and oxygen atoms in total. The van der Waals surface area contributed by atoms with Crippen LogP contribution in [-0.4, -0.2) is 94.1 Å². The second-order valence-electron chi connectivity index (χ2n) is 7.08. The van der Waals surface area contributed by atoms with Gasteiger partial charge < -0.3 is 34.9 Å². The molecule has 2 rings (SSSR count). The molecule has 2 aliphatic heterocycles. The molecule has 2 heterocycles. The van der Waals surface area contributed by atoms with Gasteiger partial charge in [-0.05, 0) is 12.8 Å². The number of rotatable bonds is 9. The van der Waals surface area contributed by atoms with Crippen LogP contribution in [0.3, 0.4) is 0 Å². The lowest BCUT2D eigenvalue weighted by atomic mass is 9.97. The van der Waals surface area contributed by atoms with Crippen molar-refractivity contribution in [1.82, 2.24) is 10.4 Å². The number of unbranched alkanes of at least 4 members (excludes halogenated alkanes) is 1. The van der Waals surface area contributed by atoms with E-state index in [1.54, 1.807) is 0 Å². The Hall–Kier alpha value is -2.33. The third kappa shape index (κ3) is 6.59. The van der Waals surface area contributed by atoms with Crippen LogP contribution in [0.5, 0.6) is 0 Å². The Morgan fingerprint density at radius 2 is 1.75 bits per heavy atom. The van der Waals surface area contributed by atoms with Crippen LogP contribution in [0.1, 0.15) is 32.1 Å². The first-order chi connectivity index (χ1) is 15.0. The van der Waals surface area contributed by atoms with Crippen molar-refractivity contribution in [2.45, 2.75) is 68.9 Å². The molecule has 0 radical (unpaired) electrons. The average Bonchev–Trinajstić information content (AvgIpc) is 3.03. The smallest absolute Gasteiger partial charge is 0.394 e. The fraction of sp³-hybridized carbons (Fsp3) is 0.765. The van der Waals surface area contributed by atoms with Gasteiger partial charge >= 0.3 is 18.1 Å². The number of nitrogens with zero attached hydrogens (tertiary/aromatic N) is 1. The number of carbonyl (C=O) groups excluding carboxylic acids is 4. The highest BCUT2D eigenvalue weighted by molar-refractivity contribution is 6.01. The minimum atomic E-state index is -5.26. The highest BCUT2D eigenvalue weighted by atomic mass is 19.4. The average molecular weight is 472 g/mol. The zero-order chi connectivity index (χ0) is 24.1. The lowest BCUT2D eigenvalue weighted by molar-refractivity contribution is -0.272. The topological polar surface area (TPSA) is 172 Å². The SMILES string of the molecule is O=C(CCCCO[C@H]1OC(CO)[C@H](O)[C@H](O)C1NC(=O)C(F)(F)F)ON1C(=O)CCC1=O. The van der Waals surface area contributed by atoms with E-state index < -0.39 is 67.1 Å². The van der Waals surface area contributed by atoms with E-state index in [0.29, 0.717) is 5.06 Å². The number of hydrogen-bond acceptors (Lipinski definition) is 10. The highest BCUT2D eigenvalue weighted by Gasteiger charge is 2.49. The van der Waals surface area contributed by atoms with E-state index in [2.05, 4.69) is 4.84 Å². The number of carbonyl (C=O) groups is 4. The van der Waals surface area contributed by atoms with Crippen molar-refractivity contribution < 1.29 is 62.0 Å². The molecule has 2 aliphatic rings. The summed E-state index contributed by atoms with van der Waals surface area (Å²) in [5, 5.41) is 31.0. The summed E-state index contributed by atoms with van der Waals surface area (Å²) in [7, 11) is 0. The van der Waals surface area contributed by atoms with Gasteiger partial charge in [-0.15, -0.1) is 5.06 Å². The maximum absolute atomic E-state index is 12.6. The van der Waals surface area contributed by atoms with Crippen molar-refractivity contribution in [3.63, 3.8) is 0 Å². The van der Waals surface area contributed by atoms with Crippen LogP contribution in [-0.2, 0) is 33.5 Å². The van der Waals surface area contributed by atoms with Crippen LogP contribution in [0, 0.1) is 0 Å². The molecule has 32 heavy (non-hydrogen) atoms. The molecule has 0 aromatic heterocycles. The van der Waals surface area contributed by atoms with E-state index in [-0.39, 0.29) is 38.7 Å². The van der Waals surface area contributed by atoms with Crippen molar-refractivity contribution in [3.8, 4) is 0 Å². The Labute approximate surface area is 179 Å². The maximum Gasteiger partial charge on any atom is 0.471 e. The number of imide groups is 1. The van der Waals surface area contributed by atoms with Gasteiger partial charge in [0.15, 0.2) is 6.29 Å². The van der Waals surface area contributed by atoms with Crippen LogP contribution in [0.25, 0.3) is 0 Å². The Balaban J connectivity index is 1.83. The summed E-state index contributed by atoms with van der Waals surface area (Å²) in [5.74, 6) is -4.50. The molecule has 0 saturated carbocycles. The summed E-state index contributed by atoms with van der Waals surface area (Å²) in [6.07, 6.45) is -12.0. The van der Waals surface area contributed by atoms with E-state index in [0.717, 1.165) is 0 Å². The molecule has 0 aromatic carbocycles. The van der Waals surface area contributed by atoms with Gasteiger partial charge in [0.05, 0.1) is 6.61 Å². The molecule has 15 heteroatoms. The Kier molecular flexibility index (Phi) is 8.91. The van der Waals surface area contributed by atoms with Gasteiger partial charge in [0.25, 0.3) is 11.8 Å². The van der Waals surface area contributed by atoms with E-state index in [1.807, 2.05) is 0 Å². The number of nitrogens with one attached hydrogen (secondary N) is 1. The molecule has 0 aliphatic carbocycles. The van der Waals surface area contributed by atoms with E-state index in [4.69, 9.17) is 9.47 Å². The first-order valence-corrected chi connectivity index (χ1v) is 9.64. The molecule has 2 saturated heterocycles. The summed E-state index contributed by atoms with van der Waals surface area (Å²) in [5.41, 5.74) is 0. The first kappa shape index (κ1) is 25.9. The number of aliphatic hydroxyl groups is 3. The normalized spacial score (nSPS) is 28.7. The van der Waals surface area contributed by atoms with E-state index >= 15 is 0 Å². The van der Waals surface area contributed by atoms with Gasteiger partial charge in [0.1, 0.15) is 24.4 Å². The minimum Gasteiger partial charge on any atom is -0.394 e. The van der Waals surface area contributed by atoms with Crippen molar-refractivity contribution in [1.29, 1.82) is 0 Å². The van der Waals surface area contributed by atoms with Gasteiger partial charge in [-0.3, -0.25) is 14.4 Å². The largest absolute Gasteiger partial charge is 0.471 e. The molecule has 3 amide bonds. The number of amides is 3. The number of hydroxylamine groups is 2. The highest BCUT2D eigenvalue weighted by Crippen LogP contribution is 2.24. The molecular weight excluding hydrogens is 449 g/mol. The summed E-state index contributed by atoms with van der Waals surface area (Å²) in [6, 6.07) is -1.79. The Morgan fingerprint density at radius 1 is 1.12 bits per heavy atom. The molecule has 182 valence electrons. The van der Waals surface area contributed by atoms with Crippen molar-refractivity contribution in [2.75, 3.05) is 13.2 Å². The number of aliphatic hydroxyl groups excluding tert-OH is 3. The summed E-state index contributed by atoms with van der Waals surface area (Å²) < 4.78 is 48.1. The lowest BCUT2D eigenvalue weighted by Crippen LogP contribution is -2.65. The minimum absolute atomic E-state index is 0.0528. The second-order valence-corrected chi connectivity index (χ2v) is 7.08. The van der Waals surface area contributed by atoms with Crippen LogP contribution in [0.15, 0.2) is 0 Å². The van der Waals surface area contributed by atoms with Crippen LogP contribution < -0.4 is 5.32 Å². The molecular formula is C17H23F3N2O10. The van der Waals surface area contributed by atoms with E-state index in [1.165, 1.54) is 5.32 Å². The lowest BCUT2D eigenvalue weighted by Gasteiger charge is -2.42. The number of hydrogen-bond donors (Lipinski definition) is 4. The van der Waals surface area contributed by atoms with Gasteiger partial charge in [-0.25, -0.2) is 4.79 Å². The van der Waals surface area contributed by atoms with Crippen LogP contribution >= 0.6 is 0 Å². The van der Waals surface area contributed by atoms with Crippen molar-refractivity contribution in [2.24, 2.45) is 0 Å². The summed E-state index contributed by atoms with van der Waals surface area (Å²) in [4.78, 5) is 50.4. The van der Waals surface area contributed by atoms with Gasteiger partial charge in [-0.1, -0.05) is 0 Å². The zero-order valence-electron chi connectivity index (χ0n) is 16.6. The van der Waals surface area contributed by atoms with Crippen molar-refractivity contribution in [3.05, 3.63) is 0 Å². The predicted molar refractivity (Wildman–Crippen MR) is 92.7 cm³/mol. The monoisotopic (exact) mass is 472 g/mol. The third-order valence-corrected chi connectivity index (χ3v) is 4.69. The van der Waals surface area contributed by atoms with Gasteiger partial charge in [-0.2, -0.15) is 13.2 Å². The maximum atomic E-state index is 12.6. The fourth-order valence-electron chi connectivity index (χ4n) is 2.99. The molecule has 5 atom stereocenters. The molecule has 4 N–H and O–H groups in total. The Bertz CT molecular complexity index is 703. The number of ether oxygens (including phenoxy) is 2. The van der Waals surface area contributed by atoms with Crippen LogP contribution in [0.2, 0.25) is 0 Å². The zero-order valence-corrected chi connectivity index (χ0v) is 16.6. The summed E-state index contributed by atoms with van der Waals surface area (Å²) in [6.45, 7) is -0.989. The molecule has 0 bridgehead atoms. The Morgan fingerprint density at radius 3 is 2.31 bits per heavy atom. The number of halogens is 3. The van der Waals surface area contributed by atoms with E-state index in [9.17, 15) is 47.7 Å². The molecule has 2 fully saturated rings. The van der Waals surface area contributed by atoms with Gasteiger partial charge in [0.2, 0.25) is 0 Å².